The zero-order valence-corrected chi connectivity index (χ0v) is 12.7. The Morgan fingerprint density at radius 3 is 2.85 bits per heavy atom. The normalized spacial score (nSPS) is 22.6. The molecule has 4 nitrogen and oxygen atoms in total. The Bertz CT molecular complexity index is 438. The van der Waals surface area contributed by atoms with Crippen molar-refractivity contribution in [3.05, 3.63) is 12.0 Å². The van der Waals surface area contributed by atoms with Gasteiger partial charge in [-0.25, -0.2) is 9.37 Å². The molecule has 0 saturated heterocycles. The Morgan fingerprint density at radius 2 is 2.15 bits per heavy atom. The fourth-order valence-corrected chi connectivity index (χ4v) is 2.96. The van der Waals surface area contributed by atoms with Crippen LogP contribution in [0.1, 0.15) is 46.0 Å². The third kappa shape index (κ3) is 3.38. The number of anilines is 2. The van der Waals surface area contributed by atoms with E-state index >= 15 is 0 Å². The third-order valence-corrected chi connectivity index (χ3v) is 4.16. The maximum Gasteiger partial charge on any atom is 0.224 e. The summed E-state index contributed by atoms with van der Waals surface area (Å²) in [4.78, 5) is 10.3. The summed E-state index contributed by atoms with van der Waals surface area (Å²) in [6.07, 6.45) is 7.07. The molecule has 1 aliphatic rings. The lowest BCUT2D eigenvalue weighted by Crippen LogP contribution is -2.40. The maximum absolute atomic E-state index is 14.0. The van der Waals surface area contributed by atoms with Crippen LogP contribution in [-0.2, 0) is 0 Å². The molecule has 1 aliphatic carbocycles. The molecular weight excluding hydrogens is 255 g/mol. The quantitative estimate of drug-likeness (QED) is 0.897. The maximum atomic E-state index is 14.0. The van der Waals surface area contributed by atoms with Crippen LogP contribution in [0.2, 0.25) is 0 Å². The second-order valence-corrected chi connectivity index (χ2v) is 5.73. The molecule has 2 atom stereocenters. The fraction of sp³-hybridized carbons (Fsp3) is 0.733. The summed E-state index contributed by atoms with van der Waals surface area (Å²) < 4.78 is 14.0. The average molecular weight is 280 g/mol. The standard InChI is InChI=1S/C15H25FN4/c1-4-9-17-15-18-10-12(16)14(19-15)20(3)13-8-6-5-7-11(13)2/h10-11,13H,4-9H2,1-3H3,(H,17,18,19). The Kier molecular flexibility index (Phi) is 5.15. The summed E-state index contributed by atoms with van der Waals surface area (Å²) in [5.74, 6) is 1.17. The molecule has 20 heavy (non-hydrogen) atoms. The van der Waals surface area contributed by atoms with E-state index in [9.17, 15) is 4.39 Å². The number of halogens is 1. The molecule has 1 heterocycles. The first kappa shape index (κ1) is 15.0. The van der Waals surface area contributed by atoms with Crippen LogP contribution in [-0.4, -0.2) is 29.6 Å². The minimum Gasteiger partial charge on any atom is -0.354 e. The van der Waals surface area contributed by atoms with Gasteiger partial charge in [0.25, 0.3) is 0 Å². The van der Waals surface area contributed by atoms with Crippen LogP contribution in [0, 0.1) is 11.7 Å². The Labute approximate surface area is 120 Å². The van der Waals surface area contributed by atoms with Crippen LogP contribution in [0.25, 0.3) is 0 Å². The van der Waals surface area contributed by atoms with E-state index in [1.165, 1.54) is 25.5 Å². The fourth-order valence-electron chi connectivity index (χ4n) is 2.96. The van der Waals surface area contributed by atoms with Crippen molar-refractivity contribution in [3.63, 3.8) is 0 Å². The Morgan fingerprint density at radius 1 is 1.40 bits per heavy atom. The Hall–Kier alpha value is -1.39. The van der Waals surface area contributed by atoms with Gasteiger partial charge in [-0.3, -0.25) is 0 Å². The summed E-state index contributed by atoms with van der Waals surface area (Å²) in [7, 11) is 1.95. The second-order valence-electron chi connectivity index (χ2n) is 5.73. The molecule has 0 aromatic carbocycles. The van der Waals surface area contributed by atoms with Gasteiger partial charge in [-0.1, -0.05) is 26.7 Å². The SMILES string of the molecule is CCCNc1ncc(F)c(N(C)C2CCCCC2C)n1. The predicted octanol–water partition coefficient (Wildman–Crippen LogP) is 3.45. The molecule has 1 aromatic rings. The highest BCUT2D eigenvalue weighted by Gasteiger charge is 2.27. The van der Waals surface area contributed by atoms with Crippen molar-refractivity contribution in [2.45, 2.75) is 52.0 Å². The number of nitrogens with zero attached hydrogens (tertiary/aromatic N) is 3. The van der Waals surface area contributed by atoms with Gasteiger partial charge in [-0.2, -0.15) is 4.98 Å². The average Bonchev–Trinajstić information content (AvgIpc) is 2.46. The van der Waals surface area contributed by atoms with E-state index in [0.717, 1.165) is 19.4 Å². The van der Waals surface area contributed by atoms with Gasteiger partial charge in [0.1, 0.15) is 0 Å². The molecule has 5 heteroatoms. The van der Waals surface area contributed by atoms with E-state index in [-0.39, 0.29) is 5.82 Å². The van der Waals surface area contributed by atoms with E-state index in [1.54, 1.807) is 0 Å². The van der Waals surface area contributed by atoms with Gasteiger partial charge in [0, 0.05) is 19.6 Å². The molecule has 112 valence electrons. The molecular formula is C15H25FN4. The summed E-state index contributed by atoms with van der Waals surface area (Å²) in [5, 5.41) is 3.12. The molecule has 1 fully saturated rings. The predicted molar refractivity (Wildman–Crippen MR) is 80.6 cm³/mol. The minimum absolute atomic E-state index is 0.340. The van der Waals surface area contributed by atoms with Crippen molar-refractivity contribution in [3.8, 4) is 0 Å². The van der Waals surface area contributed by atoms with Crippen LogP contribution in [0.3, 0.4) is 0 Å². The number of aromatic nitrogens is 2. The van der Waals surface area contributed by atoms with Gasteiger partial charge >= 0.3 is 0 Å². The van der Waals surface area contributed by atoms with Crippen molar-refractivity contribution < 1.29 is 4.39 Å². The van der Waals surface area contributed by atoms with E-state index in [0.29, 0.717) is 23.7 Å². The van der Waals surface area contributed by atoms with Gasteiger partial charge in [-0.05, 0) is 25.2 Å². The largest absolute Gasteiger partial charge is 0.354 e. The number of rotatable bonds is 5. The molecule has 0 amide bonds. The smallest absolute Gasteiger partial charge is 0.224 e. The van der Waals surface area contributed by atoms with Crippen LogP contribution < -0.4 is 10.2 Å². The molecule has 2 unspecified atom stereocenters. The molecule has 0 radical (unpaired) electrons. The lowest BCUT2D eigenvalue weighted by Gasteiger charge is -2.37. The summed E-state index contributed by atoms with van der Waals surface area (Å²) in [5.41, 5.74) is 0. The Balaban J connectivity index is 2.16. The lowest BCUT2D eigenvalue weighted by atomic mass is 9.85. The monoisotopic (exact) mass is 280 g/mol. The molecule has 1 aromatic heterocycles. The highest BCUT2D eigenvalue weighted by Crippen LogP contribution is 2.30. The zero-order valence-electron chi connectivity index (χ0n) is 12.7. The minimum atomic E-state index is -0.340. The van der Waals surface area contributed by atoms with Crippen molar-refractivity contribution in [2.75, 3.05) is 23.8 Å². The van der Waals surface area contributed by atoms with Crippen molar-refractivity contribution in [1.29, 1.82) is 0 Å². The summed E-state index contributed by atoms with van der Waals surface area (Å²) in [6.45, 7) is 5.12. The highest BCUT2D eigenvalue weighted by molar-refractivity contribution is 5.44. The van der Waals surface area contributed by atoms with Crippen molar-refractivity contribution >= 4 is 11.8 Å². The third-order valence-electron chi connectivity index (χ3n) is 4.16. The topological polar surface area (TPSA) is 41.1 Å². The van der Waals surface area contributed by atoms with Crippen LogP contribution in [0.4, 0.5) is 16.2 Å². The summed E-state index contributed by atoms with van der Waals surface area (Å²) >= 11 is 0. The van der Waals surface area contributed by atoms with Gasteiger partial charge in [0.15, 0.2) is 11.6 Å². The summed E-state index contributed by atoms with van der Waals surface area (Å²) in [6, 6.07) is 0.368. The first-order valence-electron chi connectivity index (χ1n) is 7.62. The molecule has 0 aliphatic heterocycles. The first-order chi connectivity index (χ1) is 9.63. The van der Waals surface area contributed by atoms with Gasteiger partial charge in [-0.15, -0.1) is 0 Å². The first-order valence-corrected chi connectivity index (χ1v) is 7.62. The molecule has 2 rings (SSSR count). The van der Waals surface area contributed by atoms with Gasteiger partial charge in [0.2, 0.25) is 5.95 Å². The molecule has 1 saturated carbocycles. The molecule has 1 N–H and O–H groups in total. The van der Waals surface area contributed by atoms with Gasteiger partial charge < -0.3 is 10.2 Å². The number of hydrogen-bond acceptors (Lipinski definition) is 4. The second kappa shape index (κ2) is 6.86. The number of nitrogens with one attached hydrogen (secondary N) is 1. The van der Waals surface area contributed by atoms with Crippen molar-refractivity contribution in [2.24, 2.45) is 5.92 Å². The zero-order chi connectivity index (χ0) is 14.5. The number of hydrogen-bond donors (Lipinski definition) is 1. The van der Waals surface area contributed by atoms with Crippen molar-refractivity contribution in [1.82, 2.24) is 9.97 Å². The van der Waals surface area contributed by atoms with E-state index in [2.05, 4.69) is 29.1 Å². The van der Waals surface area contributed by atoms with Crippen LogP contribution in [0.15, 0.2) is 6.20 Å². The van der Waals surface area contributed by atoms with E-state index < -0.39 is 0 Å². The van der Waals surface area contributed by atoms with Crippen LogP contribution in [0.5, 0.6) is 0 Å². The van der Waals surface area contributed by atoms with E-state index in [4.69, 9.17) is 0 Å². The van der Waals surface area contributed by atoms with Crippen LogP contribution >= 0.6 is 0 Å². The van der Waals surface area contributed by atoms with E-state index in [1.807, 2.05) is 11.9 Å². The lowest BCUT2D eigenvalue weighted by molar-refractivity contribution is 0.319. The highest BCUT2D eigenvalue weighted by atomic mass is 19.1. The van der Waals surface area contributed by atoms with Gasteiger partial charge in [0.05, 0.1) is 6.20 Å². The molecule has 0 spiro atoms. The molecule has 0 bridgehead atoms.